The summed E-state index contributed by atoms with van der Waals surface area (Å²) in [6.07, 6.45) is 1.44. The van der Waals surface area contributed by atoms with E-state index in [1.165, 1.54) is 41.2 Å². The molecule has 2 N–H and O–H groups in total. The van der Waals surface area contributed by atoms with Crippen LogP contribution in [0.3, 0.4) is 0 Å². The number of hydrogen-bond acceptors (Lipinski definition) is 3. The van der Waals surface area contributed by atoms with Crippen molar-refractivity contribution in [3.05, 3.63) is 76.1 Å². The Labute approximate surface area is 130 Å². The van der Waals surface area contributed by atoms with Crippen molar-refractivity contribution in [3.8, 4) is 5.82 Å². The summed E-state index contributed by atoms with van der Waals surface area (Å²) in [6, 6.07) is 9.93. The summed E-state index contributed by atoms with van der Waals surface area (Å²) in [5.74, 6) is -0.352. The number of aryl methyl sites for hydroxylation is 1. The summed E-state index contributed by atoms with van der Waals surface area (Å²) in [7, 11) is 0. The molecular formula is C16H13FN4O2. The Morgan fingerprint density at radius 2 is 1.96 bits per heavy atom. The van der Waals surface area contributed by atoms with Gasteiger partial charge in [-0.1, -0.05) is 0 Å². The molecular weight excluding hydrogens is 299 g/mol. The molecule has 7 heteroatoms. The van der Waals surface area contributed by atoms with E-state index >= 15 is 0 Å². The van der Waals surface area contributed by atoms with Crippen molar-refractivity contribution in [1.82, 2.24) is 14.8 Å². The topological polar surface area (TPSA) is 79.8 Å². The molecule has 0 aliphatic heterocycles. The fraction of sp³-hybridized carbons (Fsp3) is 0.0625. The maximum absolute atomic E-state index is 12.8. The fourth-order valence-corrected chi connectivity index (χ4v) is 2.08. The summed E-state index contributed by atoms with van der Waals surface area (Å²) in [5.41, 5.74) is 1.33. The Bertz CT molecular complexity index is 895. The number of anilines is 1. The van der Waals surface area contributed by atoms with Gasteiger partial charge in [-0.15, -0.1) is 0 Å². The Hall–Kier alpha value is -3.22. The molecule has 3 rings (SSSR count). The first-order valence-corrected chi connectivity index (χ1v) is 6.85. The van der Waals surface area contributed by atoms with Gasteiger partial charge in [0.1, 0.15) is 5.82 Å². The van der Waals surface area contributed by atoms with Crippen LogP contribution < -0.4 is 10.9 Å². The second-order valence-corrected chi connectivity index (χ2v) is 4.98. The van der Waals surface area contributed by atoms with E-state index < -0.39 is 5.82 Å². The van der Waals surface area contributed by atoms with Crippen LogP contribution in [-0.2, 0) is 0 Å². The van der Waals surface area contributed by atoms with Crippen LogP contribution in [0.5, 0.6) is 0 Å². The van der Waals surface area contributed by atoms with E-state index in [1.54, 1.807) is 19.1 Å². The third-order valence-corrected chi connectivity index (χ3v) is 3.19. The maximum atomic E-state index is 12.8. The number of rotatable bonds is 3. The molecule has 1 amide bonds. The van der Waals surface area contributed by atoms with Crippen molar-refractivity contribution in [3.63, 3.8) is 0 Å². The number of aromatic nitrogens is 3. The van der Waals surface area contributed by atoms with Crippen LogP contribution >= 0.6 is 0 Å². The first kappa shape index (κ1) is 14.7. The minimum Gasteiger partial charge on any atom is -0.321 e. The number of benzene rings is 1. The van der Waals surface area contributed by atoms with Gasteiger partial charge in [0.25, 0.3) is 11.5 Å². The van der Waals surface area contributed by atoms with E-state index in [2.05, 4.69) is 15.4 Å². The highest BCUT2D eigenvalue weighted by molar-refractivity contribution is 6.04. The minimum atomic E-state index is -0.403. The Morgan fingerprint density at radius 3 is 2.52 bits per heavy atom. The second kappa shape index (κ2) is 5.88. The van der Waals surface area contributed by atoms with Crippen molar-refractivity contribution in [2.45, 2.75) is 6.92 Å². The maximum Gasteiger partial charge on any atom is 0.272 e. The molecule has 0 aliphatic carbocycles. The normalized spacial score (nSPS) is 10.5. The number of halogens is 1. The van der Waals surface area contributed by atoms with Crippen molar-refractivity contribution in [2.75, 3.05) is 5.32 Å². The van der Waals surface area contributed by atoms with Gasteiger partial charge in [-0.05, 0) is 43.3 Å². The van der Waals surface area contributed by atoms with Crippen LogP contribution in [-0.4, -0.2) is 20.7 Å². The Morgan fingerprint density at radius 1 is 1.22 bits per heavy atom. The molecule has 0 atom stereocenters. The molecule has 2 heterocycles. The fourth-order valence-electron chi connectivity index (χ4n) is 2.08. The smallest absolute Gasteiger partial charge is 0.272 e. The quantitative estimate of drug-likeness (QED) is 0.778. The molecule has 1 aromatic carbocycles. The molecule has 0 aliphatic rings. The molecule has 0 saturated heterocycles. The molecule has 6 nitrogen and oxygen atoms in total. The van der Waals surface area contributed by atoms with Gasteiger partial charge in [-0.2, -0.15) is 0 Å². The zero-order valence-electron chi connectivity index (χ0n) is 12.2. The summed E-state index contributed by atoms with van der Waals surface area (Å²) < 4.78 is 14.2. The molecule has 2 aromatic heterocycles. The molecule has 3 aromatic rings. The third kappa shape index (κ3) is 3.18. The van der Waals surface area contributed by atoms with Crippen LogP contribution in [0.1, 0.15) is 16.1 Å². The summed E-state index contributed by atoms with van der Waals surface area (Å²) in [5, 5.41) is 5.53. The van der Waals surface area contributed by atoms with Crippen LogP contribution in [0.4, 0.5) is 10.1 Å². The monoisotopic (exact) mass is 312 g/mol. The van der Waals surface area contributed by atoms with Gasteiger partial charge in [-0.3, -0.25) is 14.7 Å². The number of hydrogen-bond donors (Lipinski definition) is 2. The third-order valence-electron chi connectivity index (χ3n) is 3.19. The van der Waals surface area contributed by atoms with Crippen molar-refractivity contribution in [1.29, 1.82) is 0 Å². The van der Waals surface area contributed by atoms with Gasteiger partial charge < -0.3 is 5.32 Å². The van der Waals surface area contributed by atoms with Gasteiger partial charge in [-0.25, -0.2) is 14.1 Å². The zero-order chi connectivity index (χ0) is 16.4. The number of carbonyl (C=O) groups is 1. The van der Waals surface area contributed by atoms with E-state index in [9.17, 15) is 14.0 Å². The number of H-pyrrole nitrogens is 1. The summed E-state index contributed by atoms with van der Waals surface area (Å²) in [6.45, 7) is 1.77. The van der Waals surface area contributed by atoms with Crippen LogP contribution in [0.2, 0.25) is 0 Å². The molecule has 0 saturated carbocycles. The molecule has 0 radical (unpaired) electrons. The predicted octanol–water partition coefficient (Wildman–Crippen LogP) is 2.26. The number of amides is 1. The Balaban J connectivity index is 1.77. The van der Waals surface area contributed by atoms with E-state index in [1.807, 2.05) is 0 Å². The van der Waals surface area contributed by atoms with Crippen molar-refractivity contribution < 1.29 is 9.18 Å². The summed E-state index contributed by atoms with van der Waals surface area (Å²) >= 11 is 0. The largest absolute Gasteiger partial charge is 0.321 e. The lowest BCUT2D eigenvalue weighted by atomic mass is 10.2. The average Bonchev–Trinajstić information content (AvgIpc) is 2.87. The van der Waals surface area contributed by atoms with Crippen LogP contribution in [0.15, 0.2) is 53.5 Å². The second-order valence-electron chi connectivity index (χ2n) is 4.98. The molecule has 0 bridgehead atoms. The highest BCUT2D eigenvalue weighted by Crippen LogP contribution is 2.11. The lowest BCUT2D eigenvalue weighted by molar-refractivity contribution is 0.102. The average molecular weight is 312 g/mol. The van der Waals surface area contributed by atoms with Crippen LogP contribution in [0.25, 0.3) is 5.82 Å². The number of nitrogens with one attached hydrogen (secondary N) is 2. The van der Waals surface area contributed by atoms with Crippen molar-refractivity contribution >= 4 is 11.6 Å². The first-order chi connectivity index (χ1) is 11.0. The van der Waals surface area contributed by atoms with Gasteiger partial charge in [0.2, 0.25) is 0 Å². The minimum absolute atomic E-state index is 0.210. The van der Waals surface area contributed by atoms with Crippen molar-refractivity contribution in [2.24, 2.45) is 0 Å². The molecule has 23 heavy (non-hydrogen) atoms. The van der Waals surface area contributed by atoms with E-state index in [-0.39, 0.29) is 11.5 Å². The molecule has 0 spiro atoms. The highest BCUT2D eigenvalue weighted by atomic mass is 19.1. The number of aromatic amines is 1. The number of carbonyl (C=O) groups excluding carboxylic acids is 1. The Kier molecular flexibility index (Phi) is 3.76. The lowest BCUT2D eigenvalue weighted by Gasteiger charge is -2.06. The SMILES string of the molecule is Cc1cc(=O)n(-c2ccc(NC(=O)c3ccc(F)cc3)cn2)[nH]1. The van der Waals surface area contributed by atoms with Crippen LogP contribution in [0, 0.1) is 12.7 Å². The standard InChI is InChI=1S/C16H13FN4O2/c1-10-8-15(22)21(20-10)14-7-6-13(9-18-14)19-16(23)11-2-4-12(17)5-3-11/h2-9,20H,1H3,(H,19,23). The highest BCUT2D eigenvalue weighted by Gasteiger charge is 2.08. The lowest BCUT2D eigenvalue weighted by Crippen LogP contribution is -2.16. The van der Waals surface area contributed by atoms with Gasteiger partial charge in [0.05, 0.1) is 11.9 Å². The van der Waals surface area contributed by atoms with E-state index in [4.69, 9.17) is 0 Å². The van der Waals surface area contributed by atoms with Gasteiger partial charge in [0.15, 0.2) is 5.82 Å². The van der Waals surface area contributed by atoms with E-state index in [0.29, 0.717) is 17.1 Å². The summed E-state index contributed by atoms with van der Waals surface area (Å²) in [4.78, 5) is 27.9. The predicted molar refractivity (Wildman–Crippen MR) is 83.3 cm³/mol. The molecule has 116 valence electrons. The van der Waals surface area contributed by atoms with Gasteiger partial charge >= 0.3 is 0 Å². The number of nitrogens with zero attached hydrogens (tertiary/aromatic N) is 2. The van der Waals surface area contributed by atoms with Gasteiger partial charge in [0, 0.05) is 17.3 Å². The zero-order valence-corrected chi connectivity index (χ0v) is 12.2. The number of pyridine rings is 1. The first-order valence-electron chi connectivity index (χ1n) is 6.85. The molecule has 0 fully saturated rings. The van der Waals surface area contributed by atoms with E-state index in [0.717, 1.165) is 5.69 Å². The molecule has 0 unspecified atom stereocenters.